The molecule has 4 heteroatoms. The summed E-state index contributed by atoms with van der Waals surface area (Å²) in [7, 11) is -0.402. The van der Waals surface area contributed by atoms with E-state index < -0.39 is 7.12 Å². The highest BCUT2D eigenvalue weighted by Gasteiger charge is 2.51. The van der Waals surface area contributed by atoms with E-state index in [-0.39, 0.29) is 11.2 Å². The summed E-state index contributed by atoms with van der Waals surface area (Å²) in [6.07, 6.45) is 0. The minimum Gasteiger partial charge on any atom is -0.456 e. The predicted octanol–water partition coefficient (Wildman–Crippen LogP) is 6.69. The monoisotopic (exact) mass is 418 g/mol. The Bertz CT molecular complexity index is 1570. The molecule has 0 unspecified atom stereocenters. The van der Waals surface area contributed by atoms with E-state index in [4.69, 9.17) is 13.7 Å². The molecule has 2 heterocycles. The van der Waals surface area contributed by atoms with E-state index >= 15 is 0 Å². The number of rotatable bonds is 1. The second-order valence-corrected chi connectivity index (χ2v) is 10.0. The van der Waals surface area contributed by atoms with Crippen molar-refractivity contribution >= 4 is 45.3 Å². The van der Waals surface area contributed by atoms with Crippen LogP contribution in [0, 0.1) is 0 Å². The van der Waals surface area contributed by atoms with Crippen LogP contribution >= 0.6 is 0 Å². The van der Waals surface area contributed by atoms with Crippen LogP contribution in [0.15, 0.2) is 71.1 Å². The van der Waals surface area contributed by atoms with E-state index in [1.165, 1.54) is 38.4 Å². The van der Waals surface area contributed by atoms with Gasteiger partial charge >= 0.3 is 7.12 Å². The maximum absolute atomic E-state index is 6.37. The second kappa shape index (κ2) is 5.83. The van der Waals surface area contributed by atoms with Crippen LogP contribution in [-0.2, 0) is 9.31 Å². The first-order chi connectivity index (χ1) is 15.3. The highest BCUT2D eigenvalue weighted by Crippen LogP contribution is 2.51. The lowest BCUT2D eigenvalue weighted by Crippen LogP contribution is -2.41. The lowest BCUT2D eigenvalue weighted by Gasteiger charge is -2.32. The van der Waals surface area contributed by atoms with Crippen LogP contribution in [0.4, 0.5) is 0 Å². The molecule has 0 atom stereocenters. The van der Waals surface area contributed by atoms with Crippen molar-refractivity contribution in [2.24, 2.45) is 0 Å². The molecule has 0 N–H and O–H groups in total. The lowest BCUT2D eigenvalue weighted by atomic mass is 9.79. The number of hydrogen-bond donors (Lipinski definition) is 0. The Morgan fingerprint density at radius 3 is 2.12 bits per heavy atom. The fourth-order valence-corrected chi connectivity index (χ4v) is 5.29. The fourth-order valence-electron chi connectivity index (χ4n) is 5.29. The summed E-state index contributed by atoms with van der Waals surface area (Å²) < 4.78 is 18.9. The summed E-state index contributed by atoms with van der Waals surface area (Å²) in [6, 6.07) is 23.8. The van der Waals surface area contributed by atoms with Crippen LogP contribution in [0.25, 0.3) is 55.0 Å². The van der Waals surface area contributed by atoms with E-state index in [1.54, 1.807) is 0 Å². The van der Waals surface area contributed by atoms with Crippen LogP contribution in [0.2, 0.25) is 0 Å². The maximum Gasteiger partial charge on any atom is 0.494 e. The Kier molecular flexibility index (Phi) is 3.37. The molecule has 3 nitrogen and oxygen atoms in total. The van der Waals surface area contributed by atoms with Gasteiger partial charge in [-0.05, 0) is 78.8 Å². The van der Waals surface area contributed by atoms with Gasteiger partial charge in [-0.1, -0.05) is 48.5 Å². The molecular formula is C28H23BO3. The highest BCUT2D eigenvalue weighted by molar-refractivity contribution is 6.62. The quantitative estimate of drug-likeness (QED) is 0.279. The first kappa shape index (κ1) is 18.5. The largest absolute Gasteiger partial charge is 0.494 e. The molecule has 4 aromatic carbocycles. The summed E-state index contributed by atoms with van der Waals surface area (Å²) in [5.74, 6) is 0. The topological polar surface area (TPSA) is 31.6 Å². The summed E-state index contributed by atoms with van der Waals surface area (Å²) >= 11 is 0. The molecule has 1 aromatic heterocycles. The average Bonchev–Trinajstić information content (AvgIpc) is 3.36. The van der Waals surface area contributed by atoms with Crippen molar-refractivity contribution in [1.29, 1.82) is 0 Å². The molecule has 7 rings (SSSR count). The molecule has 1 saturated heterocycles. The van der Waals surface area contributed by atoms with Gasteiger partial charge in [0.05, 0.1) is 11.2 Å². The van der Waals surface area contributed by atoms with Gasteiger partial charge < -0.3 is 13.7 Å². The smallest absolute Gasteiger partial charge is 0.456 e. The lowest BCUT2D eigenvalue weighted by molar-refractivity contribution is 0.00578. The van der Waals surface area contributed by atoms with Crippen LogP contribution < -0.4 is 5.46 Å². The SMILES string of the molecule is CC1(C)OB(c2ccc3c(c2)oc2ccc4c(c23)-c2cccc3cccc-4c23)OC1(C)C. The Hall–Kier alpha value is -3.08. The van der Waals surface area contributed by atoms with Crippen molar-refractivity contribution in [2.75, 3.05) is 0 Å². The van der Waals surface area contributed by atoms with Crippen molar-refractivity contribution in [1.82, 2.24) is 0 Å². The van der Waals surface area contributed by atoms with Crippen molar-refractivity contribution in [3.05, 3.63) is 66.7 Å². The van der Waals surface area contributed by atoms with E-state index in [0.29, 0.717) is 0 Å². The molecule has 156 valence electrons. The zero-order chi connectivity index (χ0) is 21.8. The van der Waals surface area contributed by atoms with E-state index in [2.05, 4.69) is 94.4 Å². The maximum atomic E-state index is 6.37. The zero-order valence-electron chi connectivity index (χ0n) is 18.7. The molecule has 5 aromatic rings. The van der Waals surface area contributed by atoms with Crippen LogP contribution in [0.5, 0.6) is 0 Å². The summed E-state index contributed by atoms with van der Waals surface area (Å²) in [4.78, 5) is 0. The Morgan fingerprint density at radius 1 is 0.656 bits per heavy atom. The first-order valence-electron chi connectivity index (χ1n) is 11.2. The second-order valence-electron chi connectivity index (χ2n) is 10.0. The molecule has 0 spiro atoms. The molecule has 32 heavy (non-hydrogen) atoms. The summed E-state index contributed by atoms with van der Waals surface area (Å²) in [6.45, 7) is 8.31. The Labute approximate surface area is 187 Å². The molecule has 2 aliphatic rings. The fraction of sp³-hybridized carbons (Fsp3) is 0.214. The first-order valence-corrected chi connectivity index (χ1v) is 11.2. The molecular weight excluding hydrogens is 395 g/mol. The van der Waals surface area contributed by atoms with Gasteiger partial charge in [0.1, 0.15) is 11.2 Å². The predicted molar refractivity (Wildman–Crippen MR) is 131 cm³/mol. The summed E-state index contributed by atoms with van der Waals surface area (Å²) in [5, 5.41) is 4.92. The van der Waals surface area contributed by atoms with Crippen LogP contribution in [0.1, 0.15) is 27.7 Å². The summed E-state index contributed by atoms with van der Waals surface area (Å²) in [5.41, 5.74) is 7.17. The molecule has 1 aliphatic carbocycles. The van der Waals surface area contributed by atoms with Gasteiger partial charge in [0.15, 0.2) is 0 Å². The minimum absolute atomic E-state index is 0.369. The van der Waals surface area contributed by atoms with Crippen molar-refractivity contribution < 1.29 is 13.7 Å². The van der Waals surface area contributed by atoms with Crippen molar-refractivity contribution in [3.63, 3.8) is 0 Å². The molecule has 0 amide bonds. The standard InChI is InChI=1S/C28H23BO3/c1-27(2)28(3,4)32-29(31-27)17-11-12-20-23(15-17)30-22-14-13-19-18-9-5-7-16-8-6-10-21(24(16)18)25(19)26(20)22/h5-15H,1-4H3. The van der Waals surface area contributed by atoms with Gasteiger partial charge in [0.2, 0.25) is 0 Å². The number of furan rings is 1. The number of benzene rings is 4. The third-order valence-corrected chi connectivity index (χ3v) is 7.65. The van der Waals surface area contributed by atoms with E-state index in [0.717, 1.165) is 22.0 Å². The highest BCUT2D eigenvalue weighted by atomic mass is 16.7. The molecule has 0 bridgehead atoms. The third kappa shape index (κ3) is 2.24. The molecule has 1 aliphatic heterocycles. The number of hydrogen-bond acceptors (Lipinski definition) is 3. The van der Waals surface area contributed by atoms with Gasteiger partial charge in [-0.25, -0.2) is 0 Å². The Balaban J connectivity index is 1.45. The van der Waals surface area contributed by atoms with Crippen LogP contribution in [-0.4, -0.2) is 18.3 Å². The normalized spacial score (nSPS) is 18.2. The zero-order valence-corrected chi connectivity index (χ0v) is 18.7. The van der Waals surface area contributed by atoms with Gasteiger partial charge in [-0.3, -0.25) is 0 Å². The van der Waals surface area contributed by atoms with Crippen molar-refractivity contribution in [3.8, 4) is 22.3 Å². The van der Waals surface area contributed by atoms with E-state index in [1.807, 2.05) is 0 Å². The number of fused-ring (bicyclic) bond motifs is 7. The molecule has 1 fully saturated rings. The molecule has 0 saturated carbocycles. The van der Waals surface area contributed by atoms with Gasteiger partial charge in [0, 0.05) is 16.3 Å². The average molecular weight is 418 g/mol. The Morgan fingerprint density at radius 2 is 1.38 bits per heavy atom. The van der Waals surface area contributed by atoms with Crippen molar-refractivity contribution in [2.45, 2.75) is 38.9 Å². The van der Waals surface area contributed by atoms with Crippen LogP contribution in [0.3, 0.4) is 0 Å². The minimum atomic E-state index is -0.402. The van der Waals surface area contributed by atoms with Gasteiger partial charge in [0.25, 0.3) is 0 Å². The third-order valence-electron chi connectivity index (χ3n) is 7.65. The van der Waals surface area contributed by atoms with Gasteiger partial charge in [-0.2, -0.15) is 0 Å². The van der Waals surface area contributed by atoms with E-state index in [9.17, 15) is 0 Å². The van der Waals surface area contributed by atoms with Gasteiger partial charge in [-0.15, -0.1) is 0 Å². The molecule has 0 radical (unpaired) electrons.